The standard InChI is InChI=1S/C10H18N2OS/c1-10(3-4-11-7-10)12-9(13)8-2-5-14-6-8/h8,11H,2-7H2,1H3,(H,12,13). The molecule has 2 fully saturated rings. The molecular weight excluding hydrogens is 196 g/mol. The van der Waals surface area contributed by atoms with E-state index in [1.165, 1.54) is 0 Å². The summed E-state index contributed by atoms with van der Waals surface area (Å²) in [5.74, 6) is 2.68. The number of hydrogen-bond acceptors (Lipinski definition) is 3. The highest BCUT2D eigenvalue weighted by Gasteiger charge is 2.33. The third-order valence-corrected chi connectivity index (χ3v) is 4.26. The number of carbonyl (C=O) groups excluding carboxylic acids is 1. The zero-order valence-corrected chi connectivity index (χ0v) is 9.45. The lowest BCUT2D eigenvalue weighted by Gasteiger charge is -2.26. The Balaban J connectivity index is 1.86. The Hall–Kier alpha value is -0.220. The molecule has 2 N–H and O–H groups in total. The minimum Gasteiger partial charge on any atom is -0.349 e. The molecule has 14 heavy (non-hydrogen) atoms. The Bertz CT molecular complexity index is 220. The monoisotopic (exact) mass is 214 g/mol. The number of nitrogens with one attached hydrogen (secondary N) is 2. The van der Waals surface area contributed by atoms with Crippen LogP contribution in [0.1, 0.15) is 19.8 Å². The number of thioether (sulfide) groups is 1. The molecule has 0 aromatic carbocycles. The first kappa shape index (κ1) is 10.3. The third kappa shape index (κ3) is 2.23. The van der Waals surface area contributed by atoms with Gasteiger partial charge in [-0.25, -0.2) is 0 Å². The van der Waals surface area contributed by atoms with Gasteiger partial charge in [-0.3, -0.25) is 4.79 Å². The highest BCUT2D eigenvalue weighted by molar-refractivity contribution is 7.99. The molecule has 1 amide bonds. The van der Waals surface area contributed by atoms with Crippen LogP contribution in [0, 0.1) is 5.92 Å². The van der Waals surface area contributed by atoms with Crippen molar-refractivity contribution in [3.8, 4) is 0 Å². The maximum Gasteiger partial charge on any atom is 0.224 e. The second-order valence-corrected chi connectivity index (χ2v) is 5.69. The summed E-state index contributed by atoms with van der Waals surface area (Å²) in [6.07, 6.45) is 2.11. The van der Waals surface area contributed by atoms with E-state index in [9.17, 15) is 4.79 Å². The van der Waals surface area contributed by atoms with Gasteiger partial charge in [-0.15, -0.1) is 0 Å². The van der Waals surface area contributed by atoms with Crippen molar-refractivity contribution in [3.05, 3.63) is 0 Å². The fourth-order valence-corrected chi connectivity index (χ4v) is 3.28. The Morgan fingerprint density at radius 3 is 3.07 bits per heavy atom. The van der Waals surface area contributed by atoms with Crippen LogP contribution in [0.2, 0.25) is 0 Å². The second-order valence-electron chi connectivity index (χ2n) is 4.54. The van der Waals surface area contributed by atoms with Gasteiger partial charge in [0.1, 0.15) is 0 Å². The number of amides is 1. The summed E-state index contributed by atoms with van der Waals surface area (Å²) in [6, 6.07) is 0. The molecule has 2 atom stereocenters. The average Bonchev–Trinajstić information content (AvgIpc) is 2.74. The fourth-order valence-electron chi connectivity index (χ4n) is 2.06. The minimum absolute atomic E-state index is 0.00431. The summed E-state index contributed by atoms with van der Waals surface area (Å²) < 4.78 is 0. The van der Waals surface area contributed by atoms with Crippen molar-refractivity contribution < 1.29 is 4.79 Å². The van der Waals surface area contributed by atoms with Crippen LogP contribution in [0.15, 0.2) is 0 Å². The van der Waals surface area contributed by atoms with E-state index >= 15 is 0 Å². The van der Waals surface area contributed by atoms with Crippen LogP contribution in [0.3, 0.4) is 0 Å². The van der Waals surface area contributed by atoms with Crippen LogP contribution in [0.25, 0.3) is 0 Å². The van der Waals surface area contributed by atoms with Gasteiger partial charge in [0.05, 0.1) is 5.54 Å². The van der Waals surface area contributed by atoms with Crippen molar-refractivity contribution >= 4 is 17.7 Å². The van der Waals surface area contributed by atoms with Gasteiger partial charge >= 0.3 is 0 Å². The fraction of sp³-hybridized carbons (Fsp3) is 0.900. The maximum atomic E-state index is 11.9. The van der Waals surface area contributed by atoms with Crippen LogP contribution >= 0.6 is 11.8 Å². The van der Waals surface area contributed by atoms with Crippen molar-refractivity contribution in [1.29, 1.82) is 0 Å². The molecule has 3 nitrogen and oxygen atoms in total. The largest absolute Gasteiger partial charge is 0.349 e. The van der Waals surface area contributed by atoms with Crippen molar-refractivity contribution in [3.63, 3.8) is 0 Å². The lowest BCUT2D eigenvalue weighted by molar-refractivity contribution is -0.125. The average molecular weight is 214 g/mol. The lowest BCUT2D eigenvalue weighted by Crippen LogP contribution is -2.49. The SMILES string of the molecule is CC1(NC(=O)C2CCSC2)CCNC1. The first-order chi connectivity index (χ1) is 6.70. The van der Waals surface area contributed by atoms with Gasteiger partial charge in [0.25, 0.3) is 0 Å². The van der Waals surface area contributed by atoms with Gasteiger partial charge in [0.2, 0.25) is 5.91 Å². The van der Waals surface area contributed by atoms with E-state index in [0.29, 0.717) is 0 Å². The second kappa shape index (κ2) is 4.11. The predicted molar refractivity (Wildman–Crippen MR) is 59.5 cm³/mol. The molecule has 2 aliphatic heterocycles. The summed E-state index contributed by atoms with van der Waals surface area (Å²) in [7, 11) is 0. The van der Waals surface area contributed by atoms with E-state index in [2.05, 4.69) is 17.6 Å². The van der Waals surface area contributed by atoms with Crippen molar-refractivity contribution in [2.75, 3.05) is 24.6 Å². The zero-order valence-electron chi connectivity index (χ0n) is 8.64. The Kier molecular flexibility index (Phi) is 3.02. The highest BCUT2D eigenvalue weighted by atomic mass is 32.2. The van der Waals surface area contributed by atoms with Gasteiger partial charge in [-0.2, -0.15) is 11.8 Å². The predicted octanol–water partition coefficient (Wildman–Crippen LogP) is 0.608. The molecule has 2 saturated heterocycles. The van der Waals surface area contributed by atoms with E-state index in [1.807, 2.05) is 11.8 Å². The lowest BCUT2D eigenvalue weighted by atomic mass is 9.99. The van der Waals surface area contributed by atoms with Crippen LogP contribution in [0.5, 0.6) is 0 Å². The molecule has 0 aromatic heterocycles. The van der Waals surface area contributed by atoms with E-state index in [-0.39, 0.29) is 17.4 Å². The quantitative estimate of drug-likeness (QED) is 0.707. The number of hydrogen-bond donors (Lipinski definition) is 2. The summed E-state index contributed by atoms with van der Waals surface area (Å²) in [5.41, 5.74) is 0.00431. The van der Waals surface area contributed by atoms with E-state index in [0.717, 1.165) is 37.4 Å². The number of rotatable bonds is 2. The van der Waals surface area contributed by atoms with Gasteiger partial charge in [-0.05, 0) is 32.1 Å². The minimum atomic E-state index is 0.00431. The molecule has 2 unspecified atom stereocenters. The maximum absolute atomic E-state index is 11.9. The molecule has 0 radical (unpaired) electrons. The molecule has 2 rings (SSSR count). The molecule has 2 heterocycles. The van der Waals surface area contributed by atoms with Crippen LogP contribution in [0.4, 0.5) is 0 Å². The van der Waals surface area contributed by atoms with Crippen molar-refractivity contribution in [2.24, 2.45) is 5.92 Å². The Morgan fingerprint density at radius 2 is 2.50 bits per heavy atom. The van der Waals surface area contributed by atoms with Crippen LogP contribution in [-0.2, 0) is 4.79 Å². The highest BCUT2D eigenvalue weighted by Crippen LogP contribution is 2.24. The van der Waals surface area contributed by atoms with Crippen LogP contribution < -0.4 is 10.6 Å². The zero-order chi connectivity index (χ0) is 10.0. The summed E-state index contributed by atoms with van der Waals surface area (Å²) in [6.45, 7) is 4.07. The molecule has 2 aliphatic rings. The first-order valence-electron chi connectivity index (χ1n) is 5.30. The van der Waals surface area contributed by atoms with Gasteiger partial charge in [0, 0.05) is 18.2 Å². The molecule has 4 heteroatoms. The number of carbonyl (C=O) groups is 1. The first-order valence-corrected chi connectivity index (χ1v) is 6.46. The van der Waals surface area contributed by atoms with Crippen LogP contribution in [-0.4, -0.2) is 36.0 Å². The van der Waals surface area contributed by atoms with E-state index in [1.54, 1.807) is 0 Å². The third-order valence-electron chi connectivity index (χ3n) is 3.09. The van der Waals surface area contributed by atoms with Gasteiger partial charge in [-0.1, -0.05) is 0 Å². The molecule has 0 saturated carbocycles. The summed E-state index contributed by atoms with van der Waals surface area (Å²) >= 11 is 1.89. The topological polar surface area (TPSA) is 41.1 Å². The molecule has 0 bridgehead atoms. The van der Waals surface area contributed by atoms with Gasteiger partial charge < -0.3 is 10.6 Å². The Labute approximate surface area is 89.4 Å². The smallest absolute Gasteiger partial charge is 0.224 e. The molecule has 80 valence electrons. The summed E-state index contributed by atoms with van der Waals surface area (Å²) in [5, 5.41) is 6.47. The Morgan fingerprint density at radius 1 is 1.64 bits per heavy atom. The van der Waals surface area contributed by atoms with Crippen molar-refractivity contribution in [1.82, 2.24) is 10.6 Å². The molecule has 0 aliphatic carbocycles. The molecule has 0 spiro atoms. The molecular formula is C10H18N2OS. The van der Waals surface area contributed by atoms with E-state index < -0.39 is 0 Å². The van der Waals surface area contributed by atoms with E-state index in [4.69, 9.17) is 0 Å². The van der Waals surface area contributed by atoms with Gasteiger partial charge in [0.15, 0.2) is 0 Å². The molecule has 0 aromatic rings. The normalized spacial score (nSPS) is 37.4. The summed E-state index contributed by atoms with van der Waals surface area (Å²) in [4.78, 5) is 11.9. The van der Waals surface area contributed by atoms with Crippen molar-refractivity contribution in [2.45, 2.75) is 25.3 Å².